The molecular weight excluding hydrogens is 420 g/mol. The Kier molecular flexibility index (Phi) is 8.31. The number of hydrogen-bond donors (Lipinski definition) is 1. The lowest BCUT2D eigenvalue weighted by Gasteiger charge is -2.29. The smallest absolute Gasteiger partial charge is 0.355 e. The summed E-state index contributed by atoms with van der Waals surface area (Å²) in [4.78, 5) is 43.8. The lowest BCUT2D eigenvalue weighted by molar-refractivity contribution is 0.0519. The van der Waals surface area contributed by atoms with Crippen molar-refractivity contribution in [2.75, 3.05) is 26.8 Å². The minimum atomic E-state index is -0.483. The predicted molar refractivity (Wildman–Crippen MR) is 126 cm³/mol. The molecule has 1 aliphatic carbocycles. The van der Waals surface area contributed by atoms with Gasteiger partial charge in [0.2, 0.25) is 0 Å². The highest BCUT2D eigenvalue weighted by Crippen LogP contribution is 2.26. The van der Waals surface area contributed by atoms with Crippen LogP contribution in [0.3, 0.4) is 0 Å². The van der Waals surface area contributed by atoms with Gasteiger partial charge in [-0.05, 0) is 63.3 Å². The number of amides is 1. The van der Waals surface area contributed by atoms with Crippen molar-refractivity contribution in [1.29, 1.82) is 0 Å². The van der Waals surface area contributed by atoms with E-state index in [0.29, 0.717) is 40.6 Å². The van der Waals surface area contributed by atoms with Gasteiger partial charge in [-0.3, -0.25) is 9.59 Å². The second-order valence-corrected chi connectivity index (χ2v) is 8.69. The molecule has 0 atom stereocenters. The highest BCUT2D eigenvalue weighted by atomic mass is 16.5. The van der Waals surface area contributed by atoms with Crippen molar-refractivity contribution in [1.82, 2.24) is 9.88 Å². The number of nitrogens with one attached hydrogen (secondary N) is 1. The van der Waals surface area contributed by atoms with Gasteiger partial charge in [0, 0.05) is 23.4 Å². The average molecular weight is 455 g/mol. The summed E-state index contributed by atoms with van der Waals surface area (Å²) < 4.78 is 10.4. The van der Waals surface area contributed by atoms with E-state index in [-0.39, 0.29) is 30.5 Å². The maximum atomic E-state index is 13.5. The Morgan fingerprint density at radius 3 is 2.52 bits per heavy atom. The van der Waals surface area contributed by atoms with Crippen molar-refractivity contribution in [3.05, 3.63) is 52.3 Å². The summed E-state index contributed by atoms with van der Waals surface area (Å²) in [6.07, 6.45) is 5.64. The number of nitrogens with zero attached hydrogens (tertiary/aromatic N) is 1. The normalized spacial score (nSPS) is 14.1. The number of aryl methyl sites for hydroxylation is 1. The molecule has 1 N–H and O–H groups in total. The van der Waals surface area contributed by atoms with Gasteiger partial charge in [0.25, 0.3) is 5.91 Å². The number of carbonyl (C=O) groups excluding carboxylic acids is 3. The number of rotatable bonds is 9. The van der Waals surface area contributed by atoms with E-state index in [0.717, 1.165) is 25.7 Å². The zero-order valence-electron chi connectivity index (χ0n) is 20.0. The summed E-state index contributed by atoms with van der Waals surface area (Å²) in [5, 5.41) is 0. The standard InChI is InChI=1S/C26H34N2O5/c1-5-33-26(31)24-17(2)23(18(3)27-24)22(29)16-28(15-19-10-7-6-8-11-19)25(30)20-12-9-13-21(14-20)32-4/h9,12-14,19,27H,5-8,10-11,15-16H2,1-4H3. The number of ketones is 1. The average Bonchev–Trinajstić information content (AvgIpc) is 3.13. The molecule has 0 unspecified atom stereocenters. The summed E-state index contributed by atoms with van der Waals surface area (Å²) in [7, 11) is 1.56. The highest BCUT2D eigenvalue weighted by Gasteiger charge is 2.28. The number of methoxy groups -OCH3 is 1. The predicted octanol–water partition coefficient (Wildman–Crippen LogP) is 4.72. The minimum Gasteiger partial charge on any atom is -0.497 e. The van der Waals surface area contributed by atoms with E-state index in [1.54, 1.807) is 57.0 Å². The first kappa shape index (κ1) is 24.6. The fraction of sp³-hybridized carbons (Fsp3) is 0.500. The molecule has 0 spiro atoms. The molecule has 0 radical (unpaired) electrons. The van der Waals surface area contributed by atoms with Gasteiger partial charge in [-0.2, -0.15) is 0 Å². The van der Waals surface area contributed by atoms with Crippen LogP contribution in [0.2, 0.25) is 0 Å². The van der Waals surface area contributed by atoms with E-state index in [2.05, 4.69) is 4.98 Å². The van der Waals surface area contributed by atoms with Crippen molar-refractivity contribution in [3.8, 4) is 5.75 Å². The molecule has 1 aromatic carbocycles. The van der Waals surface area contributed by atoms with Crippen LogP contribution in [0, 0.1) is 19.8 Å². The first-order valence-electron chi connectivity index (χ1n) is 11.7. The van der Waals surface area contributed by atoms with E-state index in [1.807, 2.05) is 0 Å². The zero-order valence-corrected chi connectivity index (χ0v) is 20.0. The van der Waals surface area contributed by atoms with Gasteiger partial charge >= 0.3 is 5.97 Å². The molecule has 0 bridgehead atoms. The second-order valence-electron chi connectivity index (χ2n) is 8.69. The van der Waals surface area contributed by atoms with E-state index >= 15 is 0 Å². The van der Waals surface area contributed by atoms with Crippen LogP contribution < -0.4 is 4.74 Å². The maximum Gasteiger partial charge on any atom is 0.355 e. The van der Waals surface area contributed by atoms with Crippen molar-refractivity contribution in [2.45, 2.75) is 52.9 Å². The van der Waals surface area contributed by atoms with Crippen LogP contribution in [0.15, 0.2) is 24.3 Å². The Labute approximate surface area is 195 Å². The molecule has 7 nitrogen and oxygen atoms in total. The number of carbonyl (C=O) groups is 3. The van der Waals surface area contributed by atoms with Crippen LogP contribution in [-0.4, -0.2) is 54.3 Å². The van der Waals surface area contributed by atoms with Gasteiger partial charge in [0.1, 0.15) is 11.4 Å². The van der Waals surface area contributed by atoms with Crippen LogP contribution in [0.25, 0.3) is 0 Å². The Morgan fingerprint density at radius 1 is 1.12 bits per heavy atom. The van der Waals surface area contributed by atoms with Gasteiger partial charge < -0.3 is 19.4 Å². The fourth-order valence-corrected chi connectivity index (χ4v) is 4.67. The Morgan fingerprint density at radius 2 is 1.85 bits per heavy atom. The zero-order chi connectivity index (χ0) is 24.0. The summed E-state index contributed by atoms with van der Waals surface area (Å²) >= 11 is 0. The largest absolute Gasteiger partial charge is 0.497 e. The molecule has 0 aliphatic heterocycles. The summed E-state index contributed by atoms with van der Waals surface area (Å²) in [6, 6.07) is 7.01. The number of H-pyrrole nitrogens is 1. The van der Waals surface area contributed by atoms with E-state index < -0.39 is 5.97 Å². The van der Waals surface area contributed by atoms with Gasteiger partial charge in [0.05, 0.1) is 20.3 Å². The Hall–Kier alpha value is -3.09. The van der Waals surface area contributed by atoms with Crippen LogP contribution >= 0.6 is 0 Å². The van der Waals surface area contributed by atoms with Crippen LogP contribution in [-0.2, 0) is 4.74 Å². The second kappa shape index (κ2) is 11.2. The van der Waals surface area contributed by atoms with E-state index in [4.69, 9.17) is 9.47 Å². The first-order valence-corrected chi connectivity index (χ1v) is 11.7. The quantitative estimate of drug-likeness (QED) is 0.437. The topological polar surface area (TPSA) is 88.7 Å². The molecular formula is C26H34N2O5. The number of hydrogen-bond acceptors (Lipinski definition) is 5. The molecule has 2 aromatic rings. The number of aromatic amines is 1. The van der Waals surface area contributed by atoms with Gasteiger partial charge in [-0.1, -0.05) is 25.3 Å². The lowest BCUT2D eigenvalue weighted by Crippen LogP contribution is -2.40. The molecule has 1 heterocycles. The fourth-order valence-electron chi connectivity index (χ4n) is 4.67. The molecule has 3 rings (SSSR count). The van der Waals surface area contributed by atoms with Crippen molar-refractivity contribution < 1.29 is 23.9 Å². The summed E-state index contributed by atoms with van der Waals surface area (Å²) in [5.41, 5.74) is 2.39. The van der Waals surface area contributed by atoms with Crippen LogP contribution in [0.4, 0.5) is 0 Å². The molecule has 1 aromatic heterocycles. The van der Waals surface area contributed by atoms with Crippen LogP contribution in [0.5, 0.6) is 5.75 Å². The number of esters is 1. The molecule has 1 saturated carbocycles. The lowest BCUT2D eigenvalue weighted by atomic mass is 9.88. The van der Waals surface area contributed by atoms with Crippen molar-refractivity contribution in [2.24, 2.45) is 5.92 Å². The molecule has 0 saturated heterocycles. The van der Waals surface area contributed by atoms with Crippen molar-refractivity contribution >= 4 is 17.7 Å². The molecule has 1 aliphatic rings. The Balaban J connectivity index is 1.87. The van der Waals surface area contributed by atoms with E-state index in [9.17, 15) is 14.4 Å². The number of aromatic nitrogens is 1. The highest BCUT2D eigenvalue weighted by molar-refractivity contribution is 6.05. The number of benzene rings is 1. The summed E-state index contributed by atoms with van der Waals surface area (Å²) in [6.45, 7) is 5.98. The van der Waals surface area contributed by atoms with Gasteiger partial charge in [-0.25, -0.2) is 4.79 Å². The van der Waals surface area contributed by atoms with Gasteiger partial charge in [-0.15, -0.1) is 0 Å². The third-order valence-corrected chi connectivity index (χ3v) is 6.34. The third kappa shape index (κ3) is 5.83. The Bertz CT molecular complexity index is 1000. The van der Waals surface area contributed by atoms with E-state index in [1.165, 1.54) is 6.42 Å². The summed E-state index contributed by atoms with van der Waals surface area (Å²) in [5.74, 6) is 0.114. The third-order valence-electron chi connectivity index (χ3n) is 6.34. The number of ether oxygens (including phenoxy) is 2. The monoisotopic (exact) mass is 454 g/mol. The van der Waals surface area contributed by atoms with Gasteiger partial charge in [0.15, 0.2) is 5.78 Å². The van der Waals surface area contributed by atoms with Crippen molar-refractivity contribution in [3.63, 3.8) is 0 Å². The molecule has 33 heavy (non-hydrogen) atoms. The minimum absolute atomic E-state index is 0.0473. The molecule has 178 valence electrons. The van der Waals surface area contributed by atoms with Crippen LogP contribution in [0.1, 0.15) is 81.5 Å². The first-order chi connectivity index (χ1) is 15.8. The molecule has 7 heteroatoms. The molecule has 1 amide bonds. The molecule has 1 fully saturated rings. The SMILES string of the molecule is CCOC(=O)c1[nH]c(C)c(C(=O)CN(CC2CCCCC2)C(=O)c2cccc(OC)c2)c1C. The maximum absolute atomic E-state index is 13.5. The number of Topliss-reactive ketones (excluding diaryl/α,β-unsaturated/α-hetero) is 1.